The fourth-order valence-electron chi connectivity index (χ4n) is 5.80. The molecule has 0 spiro atoms. The highest BCUT2D eigenvalue weighted by Crippen LogP contribution is 2.46. The van der Waals surface area contributed by atoms with Crippen LogP contribution in [0, 0.1) is 5.92 Å². The number of fused-ring (bicyclic) bond motifs is 1. The highest BCUT2D eigenvalue weighted by atomic mass is 16.3. The minimum atomic E-state index is 0.146. The first-order valence-corrected chi connectivity index (χ1v) is 13.0. The van der Waals surface area contributed by atoms with Gasteiger partial charge in [-0.2, -0.15) is 0 Å². The second-order valence-electron chi connectivity index (χ2n) is 11.6. The highest BCUT2D eigenvalue weighted by Gasteiger charge is 2.37. The molecule has 2 N–H and O–H groups in total. The van der Waals surface area contributed by atoms with Crippen molar-refractivity contribution in [2.75, 3.05) is 50.8 Å². The molecule has 1 aliphatic carbocycles. The van der Waals surface area contributed by atoms with Crippen LogP contribution in [0.1, 0.15) is 64.5 Å². The van der Waals surface area contributed by atoms with Crippen molar-refractivity contribution in [2.45, 2.75) is 64.2 Å². The monoisotopic (exact) mass is 465 g/mol. The van der Waals surface area contributed by atoms with Crippen LogP contribution >= 0.6 is 0 Å². The number of hydrogen-bond donors (Lipinski definition) is 2. The lowest BCUT2D eigenvalue weighted by Crippen LogP contribution is -2.40. The van der Waals surface area contributed by atoms with Crippen LogP contribution in [0.25, 0.3) is 11.3 Å². The average Bonchev–Trinajstić information content (AvgIpc) is 2.83. The summed E-state index contributed by atoms with van der Waals surface area (Å²) in [6, 6.07) is 13.4. The lowest BCUT2D eigenvalue weighted by atomic mass is 9.63. The van der Waals surface area contributed by atoms with Crippen molar-refractivity contribution in [3.63, 3.8) is 0 Å². The van der Waals surface area contributed by atoms with E-state index in [1.54, 1.807) is 0 Å². The number of pyridine rings is 1. The Morgan fingerprint density at radius 1 is 0.912 bits per heavy atom. The Bertz CT molecular complexity index is 958. The molecule has 2 aromatic rings. The van der Waals surface area contributed by atoms with Gasteiger partial charge in [0, 0.05) is 38.3 Å². The molecule has 1 fully saturated rings. The molecule has 0 saturated carbocycles. The lowest BCUT2D eigenvalue weighted by Gasteiger charge is -2.42. The normalized spacial score (nSPS) is 19.9. The van der Waals surface area contributed by atoms with Gasteiger partial charge in [-0.15, -0.1) is 0 Å². The van der Waals surface area contributed by atoms with Gasteiger partial charge in [-0.3, -0.25) is 4.90 Å². The molecule has 34 heavy (non-hydrogen) atoms. The Kier molecular flexibility index (Phi) is 7.66. The first kappa shape index (κ1) is 25.2. The predicted molar refractivity (Wildman–Crippen MR) is 141 cm³/mol. The van der Waals surface area contributed by atoms with E-state index < -0.39 is 0 Å². The van der Waals surface area contributed by atoms with Crippen LogP contribution in [-0.4, -0.2) is 66.0 Å². The first-order chi connectivity index (χ1) is 16.2. The number of rotatable bonds is 8. The SMILES string of the molecule is CC1(C)CCC(C)(C)c2cc(-c3cccc(N4CCC(CN(CCO)CCO)CC4)n3)ccc21. The molecule has 1 aromatic carbocycles. The van der Waals surface area contributed by atoms with Crippen LogP contribution < -0.4 is 4.90 Å². The van der Waals surface area contributed by atoms with Crippen molar-refractivity contribution in [3.8, 4) is 11.3 Å². The fourth-order valence-corrected chi connectivity index (χ4v) is 5.80. The standard InChI is InChI=1S/C29H43N3O2/c1-28(2)12-13-29(3,4)25-20-23(8-9-24(25)28)26-6-5-7-27(30-26)32-14-10-22(11-15-32)21-31(16-18-33)17-19-34/h5-9,20,22,33-34H,10-19,21H2,1-4H3. The lowest BCUT2D eigenvalue weighted by molar-refractivity contribution is 0.138. The van der Waals surface area contributed by atoms with E-state index >= 15 is 0 Å². The van der Waals surface area contributed by atoms with Crippen molar-refractivity contribution in [2.24, 2.45) is 5.92 Å². The van der Waals surface area contributed by atoms with Gasteiger partial charge in [0.2, 0.25) is 0 Å². The van der Waals surface area contributed by atoms with Gasteiger partial charge >= 0.3 is 0 Å². The van der Waals surface area contributed by atoms with Crippen LogP contribution in [-0.2, 0) is 10.8 Å². The maximum absolute atomic E-state index is 9.28. The third-order valence-corrected chi connectivity index (χ3v) is 8.17. The summed E-state index contributed by atoms with van der Waals surface area (Å²) < 4.78 is 0. The van der Waals surface area contributed by atoms with Crippen LogP contribution in [0.5, 0.6) is 0 Å². The molecule has 4 rings (SSSR count). The Morgan fingerprint density at radius 3 is 2.21 bits per heavy atom. The smallest absolute Gasteiger partial charge is 0.129 e. The number of aromatic nitrogens is 1. The minimum Gasteiger partial charge on any atom is -0.395 e. The topological polar surface area (TPSA) is 59.8 Å². The number of benzene rings is 1. The van der Waals surface area contributed by atoms with Gasteiger partial charge in [-0.05, 0) is 71.8 Å². The Morgan fingerprint density at radius 2 is 1.56 bits per heavy atom. The molecule has 1 saturated heterocycles. The largest absolute Gasteiger partial charge is 0.395 e. The number of anilines is 1. The second kappa shape index (κ2) is 10.3. The Labute approximate surface area is 205 Å². The third-order valence-electron chi connectivity index (χ3n) is 8.17. The summed E-state index contributed by atoms with van der Waals surface area (Å²) in [5, 5.41) is 18.6. The Hall–Kier alpha value is -1.95. The van der Waals surface area contributed by atoms with E-state index in [0.29, 0.717) is 19.0 Å². The van der Waals surface area contributed by atoms with Crippen molar-refractivity contribution in [1.29, 1.82) is 0 Å². The molecule has 5 heteroatoms. The Balaban J connectivity index is 1.47. The summed E-state index contributed by atoms with van der Waals surface area (Å²) in [7, 11) is 0. The van der Waals surface area contributed by atoms with Crippen LogP contribution in [0.3, 0.4) is 0 Å². The van der Waals surface area contributed by atoms with Crippen molar-refractivity contribution in [1.82, 2.24) is 9.88 Å². The molecule has 0 bridgehead atoms. The van der Waals surface area contributed by atoms with Crippen molar-refractivity contribution >= 4 is 5.82 Å². The molecule has 0 radical (unpaired) electrons. The van der Waals surface area contributed by atoms with Gasteiger partial charge in [0.15, 0.2) is 0 Å². The van der Waals surface area contributed by atoms with Gasteiger partial charge in [-0.25, -0.2) is 4.98 Å². The summed E-state index contributed by atoms with van der Waals surface area (Å²) in [5.41, 5.74) is 5.66. The molecule has 0 atom stereocenters. The zero-order chi connectivity index (χ0) is 24.3. The maximum Gasteiger partial charge on any atom is 0.129 e. The zero-order valence-corrected chi connectivity index (χ0v) is 21.6. The average molecular weight is 466 g/mol. The maximum atomic E-state index is 9.28. The van der Waals surface area contributed by atoms with Gasteiger partial charge in [-0.1, -0.05) is 45.9 Å². The predicted octanol–water partition coefficient (Wildman–Crippen LogP) is 4.60. The molecule has 0 amide bonds. The summed E-state index contributed by atoms with van der Waals surface area (Å²) >= 11 is 0. The van der Waals surface area contributed by atoms with Crippen molar-refractivity contribution in [3.05, 3.63) is 47.5 Å². The summed E-state index contributed by atoms with van der Waals surface area (Å²) in [5.74, 6) is 1.67. The molecule has 5 nitrogen and oxygen atoms in total. The van der Waals surface area contributed by atoms with Gasteiger partial charge in [0.1, 0.15) is 5.82 Å². The summed E-state index contributed by atoms with van der Waals surface area (Å²) in [6.45, 7) is 14.0. The number of hydrogen-bond acceptors (Lipinski definition) is 5. The van der Waals surface area contributed by atoms with Crippen LogP contribution in [0.4, 0.5) is 5.82 Å². The van der Waals surface area contributed by atoms with E-state index in [2.05, 4.69) is 73.9 Å². The second-order valence-corrected chi connectivity index (χ2v) is 11.6. The van der Waals surface area contributed by atoms with Gasteiger partial charge < -0.3 is 15.1 Å². The van der Waals surface area contributed by atoms with Crippen LogP contribution in [0.2, 0.25) is 0 Å². The van der Waals surface area contributed by atoms with E-state index in [9.17, 15) is 10.2 Å². The molecule has 1 aliphatic heterocycles. The highest BCUT2D eigenvalue weighted by molar-refractivity contribution is 5.65. The summed E-state index contributed by atoms with van der Waals surface area (Å²) in [4.78, 5) is 9.68. The molecule has 2 heterocycles. The van der Waals surface area contributed by atoms with Crippen LogP contribution in [0.15, 0.2) is 36.4 Å². The molecule has 1 aromatic heterocycles. The molecule has 0 unspecified atom stereocenters. The number of piperidine rings is 1. The van der Waals surface area contributed by atoms with E-state index in [0.717, 1.165) is 44.0 Å². The first-order valence-electron chi connectivity index (χ1n) is 13.0. The summed E-state index contributed by atoms with van der Waals surface area (Å²) in [6.07, 6.45) is 4.67. The number of aliphatic hydroxyl groups is 2. The molecular weight excluding hydrogens is 422 g/mol. The van der Waals surface area contributed by atoms with Gasteiger partial charge in [0.25, 0.3) is 0 Å². The zero-order valence-electron chi connectivity index (χ0n) is 21.6. The van der Waals surface area contributed by atoms with E-state index in [4.69, 9.17) is 4.98 Å². The van der Waals surface area contributed by atoms with Gasteiger partial charge in [0.05, 0.1) is 18.9 Å². The minimum absolute atomic E-state index is 0.146. The van der Waals surface area contributed by atoms with E-state index in [-0.39, 0.29) is 24.0 Å². The molecule has 2 aliphatic rings. The van der Waals surface area contributed by atoms with E-state index in [1.165, 1.54) is 29.5 Å². The third kappa shape index (κ3) is 5.48. The number of aliphatic hydroxyl groups excluding tert-OH is 2. The number of nitrogens with zero attached hydrogens (tertiary/aromatic N) is 3. The van der Waals surface area contributed by atoms with Crippen molar-refractivity contribution < 1.29 is 10.2 Å². The quantitative estimate of drug-likeness (QED) is 0.597. The fraction of sp³-hybridized carbons (Fsp3) is 0.621. The molecular formula is C29H43N3O2. The van der Waals surface area contributed by atoms with E-state index in [1.807, 2.05) is 0 Å². The molecule has 186 valence electrons.